The summed E-state index contributed by atoms with van der Waals surface area (Å²) in [4.78, 5) is 11.6. The van der Waals surface area contributed by atoms with Gasteiger partial charge in [0.1, 0.15) is 0 Å². The van der Waals surface area contributed by atoms with Crippen LogP contribution in [0.3, 0.4) is 0 Å². The Bertz CT molecular complexity index is 518. The van der Waals surface area contributed by atoms with Gasteiger partial charge in [-0.05, 0) is 24.1 Å². The first-order chi connectivity index (χ1) is 10.1. The molecule has 0 saturated heterocycles. The first-order valence-corrected chi connectivity index (χ1v) is 7.50. The van der Waals surface area contributed by atoms with Crippen LogP contribution in [0.4, 0.5) is 4.39 Å². The Morgan fingerprint density at radius 1 is 1.52 bits per heavy atom. The van der Waals surface area contributed by atoms with Crippen LogP contribution in [0.25, 0.3) is 0 Å². The second kappa shape index (κ2) is 6.89. The monoisotopic (exact) mass is 295 g/mol. The molecule has 4 nitrogen and oxygen atoms in total. The van der Waals surface area contributed by atoms with Gasteiger partial charge in [0, 0.05) is 18.4 Å². The van der Waals surface area contributed by atoms with Crippen LogP contribution in [0.1, 0.15) is 62.8 Å². The number of carbonyl (C=O) groups excluding carboxylic acids is 1. The van der Waals surface area contributed by atoms with Gasteiger partial charge in [-0.3, -0.25) is 4.79 Å². The fraction of sp³-hybridized carbons (Fsp3) is 0.562. The van der Waals surface area contributed by atoms with Gasteiger partial charge in [0.25, 0.3) is 0 Å². The second-order valence-electron chi connectivity index (χ2n) is 5.34. The number of ether oxygens (including phenoxy) is 1. The van der Waals surface area contributed by atoms with Crippen LogP contribution >= 0.6 is 0 Å². The molecule has 5 heteroatoms. The van der Waals surface area contributed by atoms with Crippen LogP contribution in [0.2, 0.25) is 0 Å². The number of hydrogen-bond acceptors (Lipinski definition) is 3. The van der Waals surface area contributed by atoms with E-state index >= 15 is 0 Å². The molecule has 1 aliphatic heterocycles. The molecule has 2 N–H and O–H groups in total. The van der Waals surface area contributed by atoms with Crippen molar-refractivity contribution in [2.75, 3.05) is 6.61 Å². The first-order valence-electron chi connectivity index (χ1n) is 7.50. The summed E-state index contributed by atoms with van der Waals surface area (Å²) < 4.78 is 19.6. The Labute approximate surface area is 124 Å². The zero-order valence-corrected chi connectivity index (χ0v) is 12.5. The number of carbonyl (C=O) groups is 1. The van der Waals surface area contributed by atoms with Crippen molar-refractivity contribution in [3.8, 4) is 5.75 Å². The summed E-state index contributed by atoms with van der Waals surface area (Å²) in [7, 11) is 0. The van der Waals surface area contributed by atoms with Crippen LogP contribution in [0.15, 0.2) is 12.1 Å². The molecule has 2 rings (SSSR count). The molecule has 0 saturated carbocycles. The van der Waals surface area contributed by atoms with Crippen LogP contribution < -0.4 is 10.1 Å². The van der Waals surface area contributed by atoms with E-state index in [1.165, 1.54) is 6.07 Å². The predicted molar refractivity (Wildman–Crippen MR) is 77.6 cm³/mol. The van der Waals surface area contributed by atoms with Gasteiger partial charge < -0.3 is 15.2 Å². The molecular formula is C16H22FNO3. The molecule has 116 valence electrons. The lowest BCUT2D eigenvalue weighted by atomic mass is 9.94. The minimum atomic E-state index is -0.695. The molecule has 0 aromatic heterocycles. The average molecular weight is 295 g/mol. The smallest absolute Gasteiger partial charge is 0.220 e. The molecule has 0 bridgehead atoms. The van der Waals surface area contributed by atoms with Crippen molar-refractivity contribution < 1.29 is 19.0 Å². The average Bonchev–Trinajstić information content (AvgIpc) is 2.48. The number of benzene rings is 1. The molecule has 1 aliphatic rings. The van der Waals surface area contributed by atoms with E-state index in [1.807, 2.05) is 6.92 Å². The summed E-state index contributed by atoms with van der Waals surface area (Å²) >= 11 is 0. The lowest BCUT2D eigenvalue weighted by Gasteiger charge is -2.28. The Morgan fingerprint density at radius 2 is 2.29 bits per heavy atom. The van der Waals surface area contributed by atoms with Crippen molar-refractivity contribution in [2.24, 2.45) is 0 Å². The highest BCUT2D eigenvalue weighted by Crippen LogP contribution is 2.37. The number of fused-ring (bicyclic) bond motifs is 1. The van der Waals surface area contributed by atoms with Crippen molar-refractivity contribution in [3.63, 3.8) is 0 Å². The maximum atomic E-state index is 14.2. The Kier molecular flexibility index (Phi) is 5.17. The summed E-state index contributed by atoms with van der Waals surface area (Å²) in [5.74, 6) is -0.365. The molecule has 2 unspecified atom stereocenters. The van der Waals surface area contributed by atoms with Crippen LogP contribution in [0, 0.1) is 5.82 Å². The largest absolute Gasteiger partial charge is 0.490 e. The van der Waals surface area contributed by atoms with E-state index in [4.69, 9.17) is 4.74 Å². The molecule has 21 heavy (non-hydrogen) atoms. The lowest BCUT2D eigenvalue weighted by molar-refractivity contribution is -0.121. The van der Waals surface area contributed by atoms with Crippen LogP contribution in [-0.4, -0.2) is 17.6 Å². The molecule has 0 aliphatic carbocycles. The van der Waals surface area contributed by atoms with Gasteiger partial charge in [-0.25, -0.2) is 4.39 Å². The van der Waals surface area contributed by atoms with Crippen molar-refractivity contribution in [3.05, 3.63) is 29.1 Å². The number of amides is 1. The number of hydrogen-bond donors (Lipinski definition) is 2. The zero-order valence-electron chi connectivity index (χ0n) is 12.5. The second-order valence-corrected chi connectivity index (χ2v) is 5.34. The van der Waals surface area contributed by atoms with Crippen LogP contribution in [0.5, 0.6) is 5.75 Å². The minimum absolute atomic E-state index is 0.0761. The van der Waals surface area contributed by atoms with Crippen LogP contribution in [-0.2, 0) is 4.79 Å². The summed E-state index contributed by atoms with van der Waals surface area (Å²) in [6, 6.07) is 2.81. The molecule has 1 amide bonds. The fourth-order valence-electron chi connectivity index (χ4n) is 2.56. The number of nitrogens with one attached hydrogen (secondary N) is 1. The summed E-state index contributed by atoms with van der Waals surface area (Å²) in [6.07, 6.45) is 1.68. The van der Waals surface area contributed by atoms with Gasteiger partial charge in [-0.2, -0.15) is 0 Å². The molecule has 0 fully saturated rings. The van der Waals surface area contributed by atoms with Gasteiger partial charge in [-0.1, -0.05) is 20.3 Å². The quantitative estimate of drug-likeness (QED) is 0.878. The normalized spacial score (nSPS) is 18.6. The molecule has 0 spiro atoms. The minimum Gasteiger partial charge on any atom is -0.490 e. The Hall–Kier alpha value is -1.62. The highest BCUT2D eigenvalue weighted by Gasteiger charge is 2.27. The summed E-state index contributed by atoms with van der Waals surface area (Å²) in [6.45, 7) is 4.11. The highest BCUT2D eigenvalue weighted by molar-refractivity contribution is 5.76. The van der Waals surface area contributed by atoms with E-state index in [0.717, 1.165) is 6.42 Å². The third-order valence-electron chi connectivity index (χ3n) is 3.73. The molecular weight excluding hydrogens is 273 g/mol. The summed E-state index contributed by atoms with van der Waals surface area (Å²) in [5, 5.41) is 12.9. The van der Waals surface area contributed by atoms with Crippen molar-refractivity contribution in [1.82, 2.24) is 5.32 Å². The third kappa shape index (κ3) is 3.53. The maximum Gasteiger partial charge on any atom is 0.220 e. The fourth-order valence-corrected chi connectivity index (χ4v) is 2.56. The first kappa shape index (κ1) is 15.8. The number of halogens is 1. The van der Waals surface area contributed by atoms with Crippen molar-refractivity contribution >= 4 is 5.91 Å². The number of aliphatic hydroxyl groups excluding tert-OH is 1. The molecule has 1 aromatic carbocycles. The van der Waals surface area contributed by atoms with Crippen molar-refractivity contribution in [2.45, 2.75) is 51.7 Å². The highest BCUT2D eigenvalue weighted by atomic mass is 19.1. The number of aliphatic hydroxyl groups is 1. The van der Waals surface area contributed by atoms with Gasteiger partial charge in [0.15, 0.2) is 11.6 Å². The van der Waals surface area contributed by atoms with E-state index in [9.17, 15) is 14.3 Å². The standard InChI is InChI=1S/C16H22FNO3/c1-3-5-14(19)10-8-11-13(18-15(20)4-2)6-7-21-16(11)12(17)9-10/h8-9,13-14,19H,3-7H2,1-2H3,(H,18,20). The zero-order chi connectivity index (χ0) is 15.4. The summed E-state index contributed by atoms with van der Waals surface area (Å²) in [5.41, 5.74) is 1.16. The lowest BCUT2D eigenvalue weighted by Crippen LogP contribution is -2.32. The van der Waals surface area contributed by atoms with Gasteiger partial charge >= 0.3 is 0 Å². The Morgan fingerprint density at radius 3 is 2.95 bits per heavy atom. The van der Waals surface area contributed by atoms with E-state index in [0.29, 0.717) is 37.0 Å². The topological polar surface area (TPSA) is 58.6 Å². The molecule has 1 aromatic rings. The van der Waals surface area contributed by atoms with E-state index in [2.05, 4.69) is 5.32 Å². The van der Waals surface area contributed by atoms with E-state index < -0.39 is 11.9 Å². The molecule has 0 radical (unpaired) electrons. The SMILES string of the molecule is CCCC(O)c1cc(F)c2c(c1)C(NC(=O)CC)CCO2. The molecule has 1 heterocycles. The van der Waals surface area contributed by atoms with Gasteiger partial charge in [-0.15, -0.1) is 0 Å². The van der Waals surface area contributed by atoms with E-state index in [1.54, 1.807) is 13.0 Å². The Balaban J connectivity index is 2.34. The van der Waals surface area contributed by atoms with Crippen molar-refractivity contribution in [1.29, 1.82) is 0 Å². The van der Waals surface area contributed by atoms with Gasteiger partial charge in [0.05, 0.1) is 18.8 Å². The predicted octanol–water partition coefficient (Wildman–Crippen LogP) is 3.01. The molecule has 2 atom stereocenters. The third-order valence-corrected chi connectivity index (χ3v) is 3.73. The maximum absolute atomic E-state index is 14.2. The number of rotatable bonds is 5. The van der Waals surface area contributed by atoms with E-state index in [-0.39, 0.29) is 17.7 Å². The van der Waals surface area contributed by atoms with Gasteiger partial charge in [0.2, 0.25) is 5.91 Å².